The number of alkyl halides is 1. The van der Waals surface area contributed by atoms with Crippen LogP contribution >= 0.6 is 15.9 Å². The van der Waals surface area contributed by atoms with Gasteiger partial charge in [-0.05, 0) is 18.6 Å². The number of carbonyl (C=O) groups is 1. The van der Waals surface area contributed by atoms with Crippen LogP contribution in [0.2, 0.25) is 0 Å². The lowest BCUT2D eigenvalue weighted by Crippen LogP contribution is -2.08. The van der Waals surface area contributed by atoms with E-state index in [9.17, 15) is 4.79 Å². The molecule has 0 spiro atoms. The highest BCUT2D eigenvalue weighted by Crippen LogP contribution is 2.05. The van der Waals surface area contributed by atoms with Crippen LogP contribution in [0.5, 0.6) is 0 Å². The van der Waals surface area contributed by atoms with Gasteiger partial charge >= 0.3 is 5.97 Å². The monoisotopic (exact) mass is 257 g/mol. The third-order valence-electron chi connectivity index (χ3n) is 1.59. The van der Waals surface area contributed by atoms with E-state index in [2.05, 4.69) is 20.9 Å². The summed E-state index contributed by atoms with van der Waals surface area (Å²) in [5.74, 6) is -0.352. The average Bonchev–Trinajstić information content (AvgIpc) is 2.26. The predicted molar refractivity (Wildman–Crippen MR) is 57.4 cm³/mol. The zero-order chi connectivity index (χ0) is 10.4. The van der Waals surface area contributed by atoms with E-state index in [4.69, 9.17) is 4.74 Å². The molecule has 1 aromatic rings. The summed E-state index contributed by atoms with van der Waals surface area (Å²) in [5, 5.41) is 0.641. The van der Waals surface area contributed by atoms with E-state index in [1.54, 1.807) is 12.1 Å². The zero-order valence-electron chi connectivity index (χ0n) is 8.00. The first kappa shape index (κ1) is 11.2. The fraction of sp³-hybridized carbons (Fsp3) is 0.400. The lowest BCUT2D eigenvalue weighted by Gasteiger charge is -2.02. The van der Waals surface area contributed by atoms with Gasteiger partial charge < -0.3 is 4.74 Å². The second-order valence-electron chi connectivity index (χ2n) is 2.78. The van der Waals surface area contributed by atoms with Gasteiger partial charge in [0.2, 0.25) is 0 Å². The summed E-state index contributed by atoms with van der Waals surface area (Å²) in [4.78, 5) is 15.5. The Hall–Kier alpha value is -0.900. The summed E-state index contributed by atoms with van der Waals surface area (Å²) in [6.07, 6.45) is 0.823. The summed E-state index contributed by atoms with van der Waals surface area (Å²) >= 11 is 3.28. The molecule has 14 heavy (non-hydrogen) atoms. The summed E-state index contributed by atoms with van der Waals surface area (Å²) in [5.41, 5.74) is 1.20. The molecule has 0 N–H and O–H groups in total. The van der Waals surface area contributed by atoms with Crippen molar-refractivity contribution < 1.29 is 9.53 Å². The molecule has 1 heterocycles. The molecule has 0 fully saturated rings. The van der Waals surface area contributed by atoms with Crippen molar-refractivity contribution in [2.75, 3.05) is 6.61 Å². The highest BCUT2D eigenvalue weighted by Gasteiger charge is 2.08. The summed E-state index contributed by atoms with van der Waals surface area (Å²) in [6.45, 7) is 2.40. The number of halogens is 1. The first-order valence-corrected chi connectivity index (χ1v) is 5.59. The van der Waals surface area contributed by atoms with Gasteiger partial charge in [-0.15, -0.1) is 0 Å². The van der Waals surface area contributed by atoms with E-state index in [-0.39, 0.29) is 5.97 Å². The van der Waals surface area contributed by atoms with Crippen molar-refractivity contribution in [1.29, 1.82) is 0 Å². The standard InChI is InChI=1S/C10H12BrNO2/c1-2-6-14-10(13)9-5-3-4-8(7-11)12-9/h3-5H,2,6-7H2,1H3. The third kappa shape index (κ3) is 3.10. The van der Waals surface area contributed by atoms with E-state index in [1.165, 1.54) is 0 Å². The van der Waals surface area contributed by atoms with Gasteiger partial charge in [0.1, 0.15) is 5.69 Å². The molecule has 3 nitrogen and oxygen atoms in total. The maximum Gasteiger partial charge on any atom is 0.356 e. The van der Waals surface area contributed by atoms with Gasteiger partial charge in [-0.25, -0.2) is 9.78 Å². The van der Waals surface area contributed by atoms with Gasteiger partial charge in [-0.2, -0.15) is 0 Å². The van der Waals surface area contributed by atoms with Crippen molar-refractivity contribution in [3.63, 3.8) is 0 Å². The Labute approximate surface area is 91.6 Å². The molecule has 0 unspecified atom stereocenters. The fourth-order valence-corrected chi connectivity index (χ4v) is 1.25. The number of hydrogen-bond donors (Lipinski definition) is 0. The lowest BCUT2D eigenvalue weighted by molar-refractivity contribution is 0.0498. The third-order valence-corrected chi connectivity index (χ3v) is 2.16. The van der Waals surface area contributed by atoms with Crippen LogP contribution in [0.4, 0.5) is 0 Å². The van der Waals surface area contributed by atoms with Crippen molar-refractivity contribution in [3.05, 3.63) is 29.6 Å². The molecule has 0 bridgehead atoms. The van der Waals surface area contributed by atoms with Crippen molar-refractivity contribution in [1.82, 2.24) is 4.98 Å². The smallest absolute Gasteiger partial charge is 0.356 e. The average molecular weight is 258 g/mol. The van der Waals surface area contributed by atoms with Gasteiger partial charge in [0.15, 0.2) is 0 Å². The van der Waals surface area contributed by atoms with Crippen LogP contribution < -0.4 is 0 Å². The molecular formula is C10H12BrNO2. The first-order valence-electron chi connectivity index (χ1n) is 4.47. The SMILES string of the molecule is CCCOC(=O)c1cccc(CBr)n1. The molecule has 0 saturated carbocycles. The first-order chi connectivity index (χ1) is 6.77. The van der Waals surface area contributed by atoms with E-state index in [1.807, 2.05) is 13.0 Å². The Balaban J connectivity index is 2.69. The summed E-state index contributed by atoms with van der Waals surface area (Å²) in [7, 11) is 0. The molecule has 76 valence electrons. The number of aromatic nitrogens is 1. The Morgan fingerprint density at radius 2 is 2.36 bits per heavy atom. The Kier molecular flexibility index (Phi) is 4.59. The lowest BCUT2D eigenvalue weighted by atomic mass is 10.3. The van der Waals surface area contributed by atoms with Crippen molar-refractivity contribution >= 4 is 21.9 Å². The number of ether oxygens (including phenoxy) is 1. The summed E-state index contributed by atoms with van der Waals surface area (Å²) in [6, 6.07) is 5.31. The van der Waals surface area contributed by atoms with Crippen LogP contribution in [0.15, 0.2) is 18.2 Å². The van der Waals surface area contributed by atoms with Crippen LogP contribution in [-0.2, 0) is 10.1 Å². The predicted octanol–water partition coefficient (Wildman–Crippen LogP) is 2.54. The van der Waals surface area contributed by atoms with Crippen LogP contribution in [0, 0.1) is 0 Å². The summed E-state index contributed by atoms with van der Waals surface area (Å²) < 4.78 is 4.96. The number of rotatable bonds is 4. The number of pyridine rings is 1. The molecule has 0 saturated heterocycles. The van der Waals surface area contributed by atoms with Crippen LogP contribution in [-0.4, -0.2) is 17.6 Å². The topological polar surface area (TPSA) is 39.2 Å². The quantitative estimate of drug-likeness (QED) is 0.615. The molecule has 0 atom stereocenters. The highest BCUT2D eigenvalue weighted by molar-refractivity contribution is 9.08. The van der Waals surface area contributed by atoms with Crippen LogP contribution in [0.3, 0.4) is 0 Å². The molecule has 0 aliphatic carbocycles. The van der Waals surface area contributed by atoms with Crippen LogP contribution in [0.1, 0.15) is 29.5 Å². The molecule has 0 aromatic carbocycles. The second-order valence-corrected chi connectivity index (χ2v) is 3.34. The highest BCUT2D eigenvalue weighted by atomic mass is 79.9. The maximum atomic E-state index is 11.4. The second kappa shape index (κ2) is 5.75. The van der Waals surface area contributed by atoms with Gasteiger partial charge in [0.25, 0.3) is 0 Å². The number of esters is 1. The molecule has 1 rings (SSSR count). The van der Waals surface area contributed by atoms with Crippen LogP contribution in [0.25, 0.3) is 0 Å². The van der Waals surface area contributed by atoms with E-state index in [0.717, 1.165) is 12.1 Å². The minimum absolute atomic E-state index is 0.352. The minimum Gasteiger partial charge on any atom is -0.461 e. The Morgan fingerprint density at radius 3 is 3.00 bits per heavy atom. The van der Waals surface area contributed by atoms with Crippen molar-refractivity contribution in [2.45, 2.75) is 18.7 Å². The van der Waals surface area contributed by atoms with Crippen molar-refractivity contribution in [2.24, 2.45) is 0 Å². The van der Waals surface area contributed by atoms with Gasteiger partial charge in [0, 0.05) is 5.33 Å². The van der Waals surface area contributed by atoms with E-state index in [0.29, 0.717) is 17.6 Å². The number of nitrogens with zero attached hydrogens (tertiary/aromatic N) is 1. The number of hydrogen-bond acceptors (Lipinski definition) is 3. The molecule has 1 aromatic heterocycles. The minimum atomic E-state index is -0.352. The Bertz CT molecular complexity index is 315. The zero-order valence-corrected chi connectivity index (χ0v) is 9.58. The molecule has 4 heteroatoms. The molecule has 0 aliphatic rings. The van der Waals surface area contributed by atoms with Crippen molar-refractivity contribution in [3.8, 4) is 0 Å². The van der Waals surface area contributed by atoms with Gasteiger partial charge in [-0.1, -0.05) is 28.9 Å². The fourth-order valence-electron chi connectivity index (χ4n) is 0.936. The Morgan fingerprint density at radius 1 is 1.57 bits per heavy atom. The largest absolute Gasteiger partial charge is 0.461 e. The molecule has 0 radical (unpaired) electrons. The van der Waals surface area contributed by atoms with Gasteiger partial charge in [0.05, 0.1) is 12.3 Å². The molecule has 0 amide bonds. The normalized spacial score (nSPS) is 9.86. The molecule has 0 aliphatic heterocycles. The maximum absolute atomic E-state index is 11.4. The molecular weight excluding hydrogens is 246 g/mol. The van der Waals surface area contributed by atoms with Gasteiger partial charge in [-0.3, -0.25) is 0 Å². The van der Waals surface area contributed by atoms with E-state index >= 15 is 0 Å². The number of carbonyl (C=O) groups excluding carboxylic acids is 1. The van der Waals surface area contributed by atoms with E-state index < -0.39 is 0 Å².